The van der Waals surface area contributed by atoms with Crippen LogP contribution >= 0.6 is 0 Å². The highest BCUT2D eigenvalue weighted by Gasteiger charge is 2.50. The average molecular weight is 277 g/mol. The number of fused-ring (bicyclic) bond motifs is 3. The molecule has 5 nitrogen and oxygen atoms in total. The zero-order valence-electron chi connectivity index (χ0n) is 11.3. The van der Waals surface area contributed by atoms with Crippen LogP contribution in [0.3, 0.4) is 0 Å². The number of aliphatic hydroxyl groups is 1. The lowest BCUT2D eigenvalue weighted by Gasteiger charge is -2.44. The van der Waals surface area contributed by atoms with Crippen LogP contribution in [0, 0.1) is 0 Å². The van der Waals surface area contributed by atoms with Gasteiger partial charge in [-0.1, -0.05) is 0 Å². The van der Waals surface area contributed by atoms with Crippen molar-refractivity contribution in [3.05, 3.63) is 17.7 Å². The van der Waals surface area contributed by atoms with E-state index in [-0.39, 0.29) is 6.04 Å². The van der Waals surface area contributed by atoms with Crippen molar-refractivity contribution >= 4 is 0 Å². The van der Waals surface area contributed by atoms with E-state index in [4.69, 9.17) is 19.9 Å². The quantitative estimate of drug-likeness (QED) is 0.752. The van der Waals surface area contributed by atoms with Crippen LogP contribution in [0.1, 0.15) is 37.4 Å². The summed E-state index contributed by atoms with van der Waals surface area (Å²) in [5.74, 6) is 1.93. The standard InChI is InChI=1S/C15H19NO4/c16-14-11(17)9-3-4-10-13(19-8-7-18-10)12(9)20-15(14)5-1-2-6-15/h3-4,11,14,17H,1-2,5-8,16H2. The molecule has 3 N–H and O–H groups in total. The fourth-order valence-corrected chi connectivity index (χ4v) is 3.61. The van der Waals surface area contributed by atoms with Crippen molar-refractivity contribution in [2.75, 3.05) is 13.2 Å². The molecule has 5 heteroatoms. The molecule has 2 unspecified atom stereocenters. The molecule has 3 aliphatic rings. The summed E-state index contributed by atoms with van der Waals surface area (Å²) in [5, 5.41) is 10.6. The Morgan fingerprint density at radius 1 is 1.10 bits per heavy atom. The van der Waals surface area contributed by atoms with Crippen LogP contribution in [0.5, 0.6) is 17.2 Å². The summed E-state index contributed by atoms with van der Waals surface area (Å²) >= 11 is 0. The highest BCUT2D eigenvalue weighted by atomic mass is 16.6. The van der Waals surface area contributed by atoms with Crippen molar-refractivity contribution < 1.29 is 19.3 Å². The SMILES string of the molecule is NC1C(O)c2ccc3c(c2OC12CCCC2)OCCO3. The smallest absolute Gasteiger partial charge is 0.204 e. The lowest BCUT2D eigenvalue weighted by molar-refractivity contribution is -0.0349. The molecule has 0 amide bonds. The van der Waals surface area contributed by atoms with Gasteiger partial charge in [0.2, 0.25) is 5.75 Å². The van der Waals surface area contributed by atoms with Crippen molar-refractivity contribution in [3.8, 4) is 17.2 Å². The number of benzene rings is 1. The maximum atomic E-state index is 10.6. The van der Waals surface area contributed by atoms with Gasteiger partial charge in [-0.05, 0) is 37.8 Å². The fourth-order valence-electron chi connectivity index (χ4n) is 3.61. The van der Waals surface area contributed by atoms with E-state index in [1.807, 2.05) is 12.1 Å². The van der Waals surface area contributed by atoms with Crippen molar-refractivity contribution in [1.82, 2.24) is 0 Å². The van der Waals surface area contributed by atoms with Crippen molar-refractivity contribution in [2.45, 2.75) is 43.4 Å². The van der Waals surface area contributed by atoms with Crippen molar-refractivity contribution in [3.63, 3.8) is 0 Å². The molecule has 4 rings (SSSR count). The second-order valence-corrected chi connectivity index (χ2v) is 5.85. The van der Waals surface area contributed by atoms with E-state index < -0.39 is 11.7 Å². The molecule has 1 aliphatic carbocycles. The number of rotatable bonds is 0. The fraction of sp³-hybridized carbons (Fsp3) is 0.600. The molecular formula is C15H19NO4. The molecule has 0 saturated heterocycles. The highest BCUT2D eigenvalue weighted by molar-refractivity contribution is 5.58. The second-order valence-electron chi connectivity index (χ2n) is 5.85. The summed E-state index contributed by atoms with van der Waals surface area (Å²) in [7, 11) is 0. The molecule has 0 bridgehead atoms. The number of hydrogen-bond acceptors (Lipinski definition) is 5. The van der Waals surface area contributed by atoms with Crippen LogP contribution < -0.4 is 19.9 Å². The van der Waals surface area contributed by atoms with Gasteiger partial charge in [-0.3, -0.25) is 0 Å². The van der Waals surface area contributed by atoms with Gasteiger partial charge in [0.15, 0.2) is 11.5 Å². The Bertz CT molecular complexity index is 539. The Morgan fingerprint density at radius 3 is 2.65 bits per heavy atom. The molecule has 1 saturated carbocycles. The van der Waals surface area contributed by atoms with Gasteiger partial charge < -0.3 is 25.1 Å². The molecular weight excluding hydrogens is 258 g/mol. The largest absolute Gasteiger partial charge is 0.486 e. The molecule has 1 spiro atoms. The van der Waals surface area contributed by atoms with E-state index in [2.05, 4.69) is 0 Å². The first kappa shape index (κ1) is 12.3. The summed E-state index contributed by atoms with van der Waals surface area (Å²) in [6.45, 7) is 1.04. The third-order valence-electron chi connectivity index (χ3n) is 4.72. The molecule has 108 valence electrons. The highest BCUT2D eigenvalue weighted by Crippen LogP contribution is 2.52. The van der Waals surface area contributed by atoms with Gasteiger partial charge in [0.1, 0.15) is 24.9 Å². The topological polar surface area (TPSA) is 73.9 Å². The summed E-state index contributed by atoms with van der Waals surface area (Å²) in [6, 6.07) is 3.26. The first-order valence-electron chi connectivity index (χ1n) is 7.26. The lowest BCUT2D eigenvalue weighted by atomic mass is 9.82. The van der Waals surface area contributed by atoms with E-state index in [0.717, 1.165) is 25.7 Å². The van der Waals surface area contributed by atoms with E-state index in [0.29, 0.717) is 36.0 Å². The zero-order valence-corrected chi connectivity index (χ0v) is 11.3. The van der Waals surface area contributed by atoms with Gasteiger partial charge in [-0.2, -0.15) is 0 Å². The van der Waals surface area contributed by atoms with Crippen molar-refractivity contribution in [2.24, 2.45) is 5.73 Å². The van der Waals surface area contributed by atoms with Gasteiger partial charge in [0.25, 0.3) is 0 Å². The van der Waals surface area contributed by atoms with Crippen LogP contribution in [0.4, 0.5) is 0 Å². The maximum Gasteiger partial charge on any atom is 0.204 e. The zero-order chi connectivity index (χ0) is 13.7. The second kappa shape index (κ2) is 4.27. The Balaban J connectivity index is 1.84. The number of nitrogens with two attached hydrogens (primary N) is 1. The average Bonchev–Trinajstić information content (AvgIpc) is 2.94. The van der Waals surface area contributed by atoms with Crippen LogP contribution in [0.15, 0.2) is 12.1 Å². The minimum atomic E-state index is -0.715. The third kappa shape index (κ3) is 1.56. The summed E-state index contributed by atoms with van der Waals surface area (Å²) in [6.07, 6.45) is 3.22. The van der Waals surface area contributed by atoms with Gasteiger partial charge >= 0.3 is 0 Å². The van der Waals surface area contributed by atoms with Gasteiger partial charge in [-0.25, -0.2) is 0 Å². The molecule has 1 aromatic carbocycles. The Kier molecular flexibility index (Phi) is 2.62. The van der Waals surface area contributed by atoms with Crippen LogP contribution in [-0.4, -0.2) is 30.0 Å². The molecule has 0 aromatic heterocycles. The Hall–Kier alpha value is -1.46. The van der Waals surface area contributed by atoms with Crippen LogP contribution in [0.25, 0.3) is 0 Å². The molecule has 20 heavy (non-hydrogen) atoms. The normalized spacial score (nSPS) is 29.9. The molecule has 1 aromatic rings. The number of ether oxygens (including phenoxy) is 3. The monoisotopic (exact) mass is 277 g/mol. The first-order valence-corrected chi connectivity index (χ1v) is 7.26. The maximum absolute atomic E-state index is 10.6. The lowest BCUT2D eigenvalue weighted by Crippen LogP contribution is -2.56. The Labute approximate surface area is 117 Å². The first-order chi connectivity index (χ1) is 9.71. The van der Waals surface area contributed by atoms with Gasteiger partial charge in [0, 0.05) is 5.56 Å². The van der Waals surface area contributed by atoms with E-state index in [1.54, 1.807) is 0 Å². The molecule has 0 radical (unpaired) electrons. The minimum Gasteiger partial charge on any atom is -0.486 e. The predicted molar refractivity (Wildman–Crippen MR) is 72.2 cm³/mol. The van der Waals surface area contributed by atoms with Gasteiger partial charge in [0.05, 0.1) is 6.04 Å². The van der Waals surface area contributed by atoms with Crippen molar-refractivity contribution in [1.29, 1.82) is 0 Å². The summed E-state index contributed by atoms with van der Waals surface area (Å²) in [5.41, 5.74) is 6.51. The molecule has 1 fully saturated rings. The molecule has 2 atom stereocenters. The minimum absolute atomic E-state index is 0.389. The molecule has 2 heterocycles. The van der Waals surface area contributed by atoms with Crippen LogP contribution in [-0.2, 0) is 0 Å². The van der Waals surface area contributed by atoms with Gasteiger partial charge in [-0.15, -0.1) is 0 Å². The number of aliphatic hydroxyl groups excluding tert-OH is 1. The van der Waals surface area contributed by atoms with E-state index in [1.165, 1.54) is 0 Å². The number of hydrogen-bond donors (Lipinski definition) is 2. The third-order valence-corrected chi connectivity index (χ3v) is 4.72. The Morgan fingerprint density at radius 2 is 1.85 bits per heavy atom. The summed E-state index contributed by atoms with van der Waals surface area (Å²) in [4.78, 5) is 0. The molecule has 2 aliphatic heterocycles. The van der Waals surface area contributed by atoms with E-state index in [9.17, 15) is 5.11 Å². The predicted octanol–water partition coefficient (Wildman–Crippen LogP) is 1.52. The summed E-state index contributed by atoms with van der Waals surface area (Å²) < 4.78 is 17.6. The van der Waals surface area contributed by atoms with E-state index >= 15 is 0 Å². The van der Waals surface area contributed by atoms with Crippen LogP contribution in [0.2, 0.25) is 0 Å².